The van der Waals surface area contributed by atoms with Crippen molar-refractivity contribution in [1.82, 2.24) is 10.3 Å². The highest BCUT2D eigenvalue weighted by Crippen LogP contribution is 2.26. The molecule has 170 valence electrons. The molecular weight excluding hydrogens is 462 g/mol. The number of nitrogens with one attached hydrogen (secondary N) is 1. The summed E-state index contributed by atoms with van der Waals surface area (Å²) in [5, 5.41) is 14.3. The Hall–Kier alpha value is -3.37. The summed E-state index contributed by atoms with van der Waals surface area (Å²) in [6.07, 6.45) is 0. The topological polar surface area (TPSA) is 110 Å². The molecule has 0 aliphatic carbocycles. The third kappa shape index (κ3) is 6.33. The van der Waals surface area contributed by atoms with E-state index >= 15 is 0 Å². The summed E-state index contributed by atoms with van der Waals surface area (Å²) >= 11 is 2.56. The van der Waals surface area contributed by atoms with Gasteiger partial charge in [0.1, 0.15) is 30.0 Å². The van der Waals surface area contributed by atoms with Gasteiger partial charge in [-0.05, 0) is 24.6 Å². The van der Waals surface area contributed by atoms with Crippen LogP contribution in [0.3, 0.4) is 0 Å². The molecule has 1 amide bonds. The average Bonchev–Trinajstić information content (AvgIpc) is 3.46. The van der Waals surface area contributed by atoms with Gasteiger partial charge in [0.15, 0.2) is 5.17 Å². The standard InChI is InChI=1S/C23H21N3O5S2/c1-14-25-17(13-32-14)12-31-19-8-16(21(27)26-23-24-10-20(33-23)22(28)29)7-18(9-19)30-11-15-5-3-2-4-6-15/h2-9,13,20H,10-12H2,1H3,(H,28,29)(H,24,26,27). The number of thiazole rings is 1. The molecule has 0 spiro atoms. The van der Waals surface area contributed by atoms with Crippen LogP contribution in [0, 0.1) is 6.92 Å². The number of benzene rings is 2. The lowest BCUT2D eigenvalue weighted by molar-refractivity contribution is -0.136. The highest BCUT2D eigenvalue weighted by molar-refractivity contribution is 8.15. The van der Waals surface area contributed by atoms with Crippen LogP contribution >= 0.6 is 23.1 Å². The van der Waals surface area contributed by atoms with Gasteiger partial charge in [-0.25, -0.2) is 4.98 Å². The Morgan fingerprint density at radius 2 is 1.85 bits per heavy atom. The first-order valence-corrected chi connectivity index (χ1v) is 11.8. The molecule has 2 heterocycles. The lowest BCUT2D eigenvalue weighted by Crippen LogP contribution is -2.28. The molecule has 3 aromatic rings. The maximum Gasteiger partial charge on any atom is 0.319 e. The zero-order valence-corrected chi connectivity index (χ0v) is 19.3. The van der Waals surface area contributed by atoms with Gasteiger partial charge in [-0.15, -0.1) is 11.3 Å². The van der Waals surface area contributed by atoms with Crippen LogP contribution in [-0.4, -0.2) is 38.9 Å². The zero-order valence-electron chi connectivity index (χ0n) is 17.7. The molecule has 1 unspecified atom stereocenters. The third-order valence-electron chi connectivity index (χ3n) is 4.59. The number of amidine groups is 1. The molecule has 0 bridgehead atoms. The highest BCUT2D eigenvalue weighted by atomic mass is 32.2. The normalized spacial score (nSPS) is 15.1. The van der Waals surface area contributed by atoms with Gasteiger partial charge in [0.05, 0.1) is 17.2 Å². The molecule has 10 heteroatoms. The van der Waals surface area contributed by atoms with E-state index in [-0.39, 0.29) is 18.3 Å². The van der Waals surface area contributed by atoms with E-state index in [1.807, 2.05) is 42.6 Å². The fraction of sp³-hybridized carbons (Fsp3) is 0.217. The van der Waals surface area contributed by atoms with Crippen molar-refractivity contribution in [3.05, 3.63) is 75.7 Å². The fourth-order valence-electron chi connectivity index (χ4n) is 2.98. The van der Waals surface area contributed by atoms with E-state index < -0.39 is 17.1 Å². The minimum absolute atomic E-state index is 0.122. The maximum atomic E-state index is 12.9. The van der Waals surface area contributed by atoms with Crippen molar-refractivity contribution in [3.63, 3.8) is 0 Å². The Morgan fingerprint density at radius 3 is 2.48 bits per heavy atom. The molecule has 4 rings (SSSR count). The number of carbonyl (C=O) groups is 2. The van der Waals surface area contributed by atoms with Crippen LogP contribution in [0.1, 0.15) is 26.6 Å². The van der Waals surface area contributed by atoms with Gasteiger partial charge < -0.3 is 19.9 Å². The van der Waals surface area contributed by atoms with E-state index in [9.17, 15) is 9.59 Å². The number of carbonyl (C=O) groups excluding carboxylic acids is 1. The lowest BCUT2D eigenvalue weighted by Gasteiger charge is -2.12. The number of aromatic nitrogens is 1. The quantitative estimate of drug-likeness (QED) is 0.500. The third-order valence-corrected chi connectivity index (χ3v) is 6.51. The number of rotatable bonds is 8. The molecular formula is C23H21N3O5S2. The van der Waals surface area contributed by atoms with Gasteiger partial charge in [0, 0.05) is 17.0 Å². The van der Waals surface area contributed by atoms with E-state index in [0.717, 1.165) is 28.0 Å². The first kappa shape index (κ1) is 22.8. The minimum atomic E-state index is -0.961. The van der Waals surface area contributed by atoms with E-state index in [1.165, 1.54) is 11.3 Å². The summed E-state index contributed by atoms with van der Waals surface area (Å²) in [4.78, 5) is 32.5. The fourth-order valence-corrected chi connectivity index (χ4v) is 4.40. The second-order valence-corrected chi connectivity index (χ2v) is 9.41. The van der Waals surface area contributed by atoms with Crippen molar-refractivity contribution in [1.29, 1.82) is 0 Å². The van der Waals surface area contributed by atoms with Crippen LogP contribution in [0.25, 0.3) is 0 Å². The molecule has 1 aromatic heterocycles. The van der Waals surface area contributed by atoms with E-state index in [4.69, 9.17) is 14.6 Å². The number of aliphatic imine (C=N–C) groups is 1. The number of nitrogens with zero attached hydrogens (tertiary/aromatic N) is 2. The summed E-state index contributed by atoms with van der Waals surface area (Å²) < 4.78 is 11.8. The average molecular weight is 484 g/mol. The molecule has 1 aliphatic heterocycles. The summed E-state index contributed by atoms with van der Waals surface area (Å²) in [5.41, 5.74) is 2.10. The number of aryl methyl sites for hydroxylation is 1. The molecule has 2 N–H and O–H groups in total. The summed E-state index contributed by atoms with van der Waals surface area (Å²) in [6, 6.07) is 14.6. The Labute approximate surface area is 198 Å². The predicted octanol–water partition coefficient (Wildman–Crippen LogP) is 3.90. The van der Waals surface area contributed by atoms with Crippen LogP contribution in [-0.2, 0) is 18.0 Å². The van der Waals surface area contributed by atoms with E-state index in [1.54, 1.807) is 18.2 Å². The van der Waals surface area contributed by atoms with Crippen LogP contribution < -0.4 is 14.8 Å². The van der Waals surface area contributed by atoms with Crippen LogP contribution in [0.15, 0.2) is 58.9 Å². The highest BCUT2D eigenvalue weighted by Gasteiger charge is 2.27. The molecule has 33 heavy (non-hydrogen) atoms. The van der Waals surface area contributed by atoms with Gasteiger partial charge in [0.2, 0.25) is 0 Å². The Kier molecular flexibility index (Phi) is 7.26. The Balaban J connectivity index is 1.49. The van der Waals surface area contributed by atoms with Crippen molar-refractivity contribution in [2.75, 3.05) is 6.54 Å². The first-order valence-electron chi connectivity index (χ1n) is 10.1. The minimum Gasteiger partial charge on any atom is -0.489 e. The van der Waals surface area contributed by atoms with Crippen LogP contribution in [0.5, 0.6) is 11.5 Å². The first-order chi connectivity index (χ1) is 16.0. The zero-order chi connectivity index (χ0) is 23.2. The number of hydrogen-bond acceptors (Lipinski definition) is 8. The summed E-state index contributed by atoms with van der Waals surface area (Å²) in [7, 11) is 0. The van der Waals surface area contributed by atoms with E-state index in [2.05, 4.69) is 15.3 Å². The van der Waals surface area contributed by atoms with Gasteiger partial charge in [0.25, 0.3) is 5.91 Å². The molecule has 2 aromatic carbocycles. The van der Waals surface area contributed by atoms with Crippen molar-refractivity contribution >= 4 is 40.1 Å². The molecule has 0 saturated carbocycles. The van der Waals surface area contributed by atoms with Crippen molar-refractivity contribution < 1.29 is 24.2 Å². The summed E-state index contributed by atoms with van der Waals surface area (Å²) in [5.74, 6) is -0.453. The molecule has 0 radical (unpaired) electrons. The van der Waals surface area contributed by atoms with Crippen molar-refractivity contribution in [2.45, 2.75) is 25.4 Å². The summed E-state index contributed by atoms with van der Waals surface area (Å²) in [6.45, 7) is 2.64. The van der Waals surface area contributed by atoms with E-state index in [0.29, 0.717) is 23.7 Å². The van der Waals surface area contributed by atoms with Crippen molar-refractivity contribution in [2.24, 2.45) is 4.99 Å². The second-order valence-electron chi connectivity index (χ2n) is 7.16. The molecule has 1 aliphatic rings. The van der Waals surface area contributed by atoms with Crippen LogP contribution in [0.4, 0.5) is 0 Å². The molecule has 8 nitrogen and oxygen atoms in total. The number of ether oxygens (including phenoxy) is 2. The number of hydrogen-bond donors (Lipinski definition) is 2. The maximum absolute atomic E-state index is 12.9. The number of carboxylic acid groups (broad SMARTS) is 1. The molecule has 0 saturated heterocycles. The number of thioether (sulfide) groups is 1. The largest absolute Gasteiger partial charge is 0.489 e. The van der Waals surface area contributed by atoms with Crippen LogP contribution in [0.2, 0.25) is 0 Å². The van der Waals surface area contributed by atoms with Gasteiger partial charge in [-0.1, -0.05) is 42.1 Å². The Morgan fingerprint density at radius 1 is 1.12 bits per heavy atom. The smallest absolute Gasteiger partial charge is 0.319 e. The SMILES string of the molecule is Cc1nc(COc2cc(OCc3ccccc3)cc(C(=O)NC3=NCC(C(=O)O)S3)c2)cs1. The van der Waals surface area contributed by atoms with Gasteiger partial charge in [-0.3, -0.25) is 14.6 Å². The number of aliphatic carboxylic acids is 1. The van der Waals surface area contributed by atoms with Gasteiger partial charge in [-0.2, -0.15) is 0 Å². The Bertz CT molecular complexity index is 1180. The number of amides is 1. The lowest BCUT2D eigenvalue weighted by atomic mass is 10.2. The monoisotopic (exact) mass is 483 g/mol. The van der Waals surface area contributed by atoms with Crippen molar-refractivity contribution in [3.8, 4) is 11.5 Å². The molecule has 0 fully saturated rings. The predicted molar refractivity (Wildman–Crippen MR) is 127 cm³/mol. The number of carboxylic acids is 1. The van der Waals surface area contributed by atoms with Gasteiger partial charge >= 0.3 is 5.97 Å². The molecule has 1 atom stereocenters. The second kappa shape index (κ2) is 10.5.